The first-order valence-electron chi connectivity index (χ1n) is 11.1. The Morgan fingerprint density at radius 3 is 2.66 bits per heavy atom. The molecule has 0 aliphatic carbocycles. The van der Waals surface area contributed by atoms with Gasteiger partial charge in [0.1, 0.15) is 11.9 Å². The lowest BCUT2D eigenvalue weighted by atomic mass is 10.2. The molecular formula is C24H26FN5O3S2. The molecule has 0 radical (unpaired) electrons. The first-order chi connectivity index (χ1) is 16.8. The molecule has 1 N–H and O–H groups in total. The number of rotatable bonds is 6. The smallest absolute Gasteiger partial charge is 0.263 e. The van der Waals surface area contributed by atoms with Crippen molar-refractivity contribution >= 4 is 49.0 Å². The molecule has 4 aromatic rings. The second-order valence-corrected chi connectivity index (χ2v) is 10.9. The van der Waals surface area contributed by atoms with Crippen LogP contribution in [0.15, 0.2) is 71.2 Å². The molecule has 11 heteroatoms. The molecule has 3 heterocycles. The van der Waals surface area contributed by atoms with Crippen molar-refractivity contribution in [2.75, 3.05) is 35.8 Å². The van der Waals surface area contributed by atoms with Gasteiger partial charge in [-0.2, -0.15) is 0 Å². The molecule has 0 spiro atoms. The average molecular weight is 516 g/mol. The van der Waals surface area contributed by atoms with Crippen LogP contribution < -0.4 is 9.62 Å². The van der Waals surface area contributed by atoms with Gasteiger partial charge in [-0.1, -0.05) is 12.1 Å². The van der Waals surface area contributed by atoms with Gasteiger partial charge in [-0.3, -0.25) is 9.52 Å². The van der Waals surface area contributed by atoms with Gasteiger partial charge in [0.25, 0.3) is 10.0 Å². The molecule has 184 valence electrons. The highest BCUT2D eigenvalue weighted by Crippen LogP contribution is 2.26. The van der Waals surface area contributed by atoms with Crippen molar-refractivity contribution in [1.82, 2.24) is 14.5 Å². The Labute approximate surface area is 208 Å². The maximum absolute atomic E-state index is 14.1. The van der Waals surface area contributed by atoms with Crippen LogP contribution in [-0.4, -0.2) is 55.0 Å². The van der Waals surface area contributed by atoms with Gasteiger partial charge >= 0.3 is 0 Å². The summed E-state index contributed by atoms with van der Waals surface area (Å²) in [6, 6.07) is 12.8. The van der Waals surface area contributed by atoms with Crippen LogP contribution >= 0.6 is 11.3 Å². The Morgan fingerprint density at radius 2 is 1.91 bits per heavy atom. The number of piperazine rings is 1. The van der Waals surface area contributed by atoms with Crippen molar-refractivity contribution in [3.05, 3.63) is 72.1 Å². The minimum Gasteiger partial charge on any atom is -0.368 e. The van der Waals surface area contributed by atoms with E-state index in [2.05, 4.69) is 14.6 Å². The standard InChI is InChI=1S/C24H24FN5O3S2.H2/c1-17(30-10-8-20-21(25)6-3-7-22(20)30)23(31)29-13-11-28(12-14-29)18-4-2-5-19(16-18)35(32,33)27-24-26-9-15-34-24;/h2-10,15-17H,11-14H2,1H3,(H,26,27);1H/t17-;/m0./s1. The van der Waals surface area contributed by atoms with Crippen molar-refractivity contribution in [3.8, 4) is 0 Å². The van der Waals surface area contributed by atoms with Gasteiger partial charge in [0, 0.05) is 56.5 Å². The average Bonchev–Trinajstić information content (AvgIpc) is 3.54. The molecule has 2 aromatic heterocycles. The molecule has 1 aliphatic rings. The van der Waals surface area contributed by atoms with Crippen LogP contribution in [-0.2, 0) is 14.8 Å². The van der Waals surface area contributed by atoms with E-state index >= 15 is 0 Å². The molecule has 8 nitrogen and oxygen atoms in total. The van der Waals surface area contributed by atoms with E-state index in [0.717, 1.165) is 5.69 Å². The fraction of sp³-hybridized carbons (Fsp3) is 0.250. The minimum absolute atomic E-state index is 0. The van der Waals surface area contributed by atoms with E-state index in [9.17, 15) is 17.6 Å². The number of nitrogens with zero attached hydrogens (tertiary/aromatic N) is 4. The Kier molecular flexibility index (Phi) is 6.20. The van der Waals surface area contributed by atoms with E-state index in [1.807, 2.05) is 19.1 Å². The lowest BCUT2D eigenvalue weighted by molar-refractivity contribution is -0.134. The predicted molar refractivity (Wildman–Crippen MR) is 137 cm³/mol. The van der Waals surface area contributed by atoms with Crippen LogP contribution in [0.2, 0.25) is 0 Å². The fourth-order valence-corrected chi connectivity index (χ4v) is 6.18. The first-order valence-corrected chi connectivity index (χ1v) is 13.5. The predicted octanol–water partition coefficient (Wildman–Crippen LogP) is 4.19. The largest absolute Gasteiger partial charge is 0.368 e. The van der Waals surface area contributed by atoms with Gasteiger partial charge in [-0.05, 0) is 43.3 Å². The number of nitrogens with one attached hydrogen (secondary N) is 1. The van der Waals surface area contributed by atoms with Crippen LogP contribution in [0.3, 0.4) is 0 Å². The Balaban J connectivity index is 0.00000304. The second-order valence-electron chi connectivity index (χ2n) is 8.32. The maximum atomic E-state index is 14.1. The van der Waals surface area contributed by atoms with E-state index in [1.54, 1.807) is 51.4 Å². The Hall–Kier alpha value is -3.44. The zero-order chi connectivity index (χ0) is 24.6. The zero-order valence-electron chi connectivity index (χ0n) is 19.0. The van der Waals surface area contributed by atoms with Crippen LogP contribution in [0.5, 0.6) is 0 Å². The molecule has 0 unspecified atom stereocenters. The summed E-state index contributed by atoms with van der Waals surface area (Å²) in [4.78, 5) is 21.2. The van der Waals surface area contributed by atoms with Crippen molar-refractivity contribution in [2.24, 2.45) is 0 Å². The molecule has 1 atom stereocenters. The molecule has 2 aromatic carbocycles. The summed E-state index contributed by atoms with van der Waals surface area (Å²) in [5, 5.41) is 2.51. The lowest BCUT2D eigenvalue weighted by Gasteiger charge is -2.37. The summed E-state index contributed by atoms with van der Waals surface area (Å²) < 4.78 is 43.8. The minimum atomic E-state index is -3.75. The summed E-state index contributed by atoms with van der Waals surface area (Å²) in [6.45, 7) is 3.98. The van der Waals surface area contributed by atoms with E-state index in [-0.39, 0.29) is 18.0 Å². The third kappa shape index (κ3) is 4.61. The molecule has 35 heavy (non-hydrogen) atoms. The molecule has 0 bridgehead atoms. The van der Waals surface area contributed by atoms with E-state index < -0.39 is 16.1 Å². The number of anilines is 2. The van der Waals surface area contributed by atoms with Crippen LogP contribution in [0, 0.1) is 5.82 Å². The Morgan fingerprint density at radius 1 is 1.14 bits per heavy atom. The van der Waals surface area contributed by atoms with Crippen molar-refractivity contribution < 1.29 is 19.0 Å². The van der Waals surface area contributed by atoms with Crippen LogP contribution in [0.25, 0.3) is 10.9 Å². The first kappa shape index (κ1) is 23.3. The lowest BCUT2D eigenvalue weighted by Crippen LogP contribution is -2.50. The number of aromatic nitrogens is 2. The monoisotopic (exact) mass is 515 g/mol. The number of carbonyl (C=O) groups is 1. The number of carbonyl (C=O) groups excluding carboxylic acids is 1. The summed E-state index contributed by atoms with van der Waals surface area (Å²) in [5.74, 6) is -0.337. The maximum Gasteiger partial charge on any atom is 0.263 e. The van der Waals surface area contributed by atoms with Gasteiger partial charge < -0.3 is 14.4 Å². The normalized spacial score (nSPS) is 15.4. The number of halogens is 1. The molecule has 0 saturated carbocycles. The number of hydrogen-bond acceptors (Lipinski definition) is 6. The van der Waals surface area contributed by atoms with Gasteiger partial charge in [-0.25, -0.2) is 17.8 Å². The van der Waals surface area contributed by atoms with E-state index in [0.29, 0.717) is 42.2 Å². The molecule has 1 fully saturated rings. The fourth-order valence-electron chi connectivity index (χ4n) is 4.35. The number of amides is 1. The number of fused-ring (bicyclic) bond motifs is 1. The molecule has 1 aliphatic heterocycles. The number of hydrogen-bond donors (Lipinski definition) is 1. The molecule has 5 rings (SSSR count). The van der Waals surface area contributed by atoms with E-state index in [1.165, 1.54) is 23.6 Å². The third-order valence-electron chi connectivity index (χ3n) is 6.22. The van der Waals surface area contributed by atoms with Gasteiger partial charge in [0.15, 0.2) is 5.13 Å². The quantitative estimate of drug-likeness (QED) is 0.416. The number of benzene rings is 2. The van der Waals surface area contributed by atoms with Crippen molar-refractivity contribution in [3.63, 3.8) is 0 Å². The number of sulfonamides is 1. The Bertz CT molecular complexity index is 1470. The summed E-state index contributed by atoms with van der Waals surface area (Å²) in [6.07, 6.45) is 3.29. The summed E-state index contributed by atoms with van der Waals surface area (Å²) in [7, 11) is -3.75. The summed E-state index contributed by atoms with van der Waals surface area (Å²) in [5.41, 5.74) is 1.47. The van der Waals surface area contributed by atoms with Gasteiger partial charge in [-0.15, -0.1) is 11.3 Å². The summed E-state index contributed by atoms with van der Waals surface area (Å²) >= 11 is 1.21. The zero-order valence-corrected chi connectivity index (χ0v) is 20.6. The van der Waals surface area contributed by atoms with Crippen LogP contribution in [0.1, 0.15) is 14.4 Å². The molecule has 1 saturated heterocycles. The van der Waals surface area contributed by atoms with Gasteiger partial charge in [0.05, 0.1) is 10.4 Å². The highest BCUT2D eigenvalue weighted by molar-refractivity contribution is 7.93. The molecule has 1 amide bonds. The van der Waals surface area contributed by atoms with E-state index in [4.69, 9.17) is 0 Å². The van der Waals surface area contributed by atoms with Crippen molar-refractivity contribution in [1.29, 1.82) is 0 Å². The highest BCUT2D eigenvalue weighted by Gasteiger charge is 2.27. The van der Waals surface area contributed by atoms with Crippen LogP contribution in [0.4, 0.5) is 15.2 Å². The third-order valence-corrected chi connectivity index (χ3v) is 8.38. The van der Waals surface area contributed by atoms with Crippen molar-refractivity contribution in [2.45, 2.75) is 17.9 Å². The number of thiazole rings is 1. The highest BCUT2D eigenvalue weighted by atomic mass is 32.2. The molecular weight excluding hydrogens is 489 g/mol. The van der Waals surface area contributed by atoms with Gasteiger partial charge in [0.2, 0.25) is 5.91 Å². The topological polar surface area (TPSA) is 87.5 Å². The SMILES string of the molecule is C[C@@H](C(=O)N1CCN(c2cccc(S(=O)(=O)Nc3nccs3)c2)CC1)n1ccc2c(F)cccc21.[HH]. The second kappa shape index (κ2) is 9.31.